The number of benzene rings is 1. The molecule has 8 nitrogen and oxygen atoms in total. The van der Waals surface area contributed by atoms with E-state index in [1.165, 1.54) is 23.0 Å². The Morgan fingerprint density at radius 1 is 1.08 bits per heavy atom. The molecule has 3 aromatic rings. The first kappa shape index (κ1) is 24.7. The van der Waals surface area contributed by atoms with Gasteiger partial charge in [-0.3, -0.25) is 13.9 Å². The van der Waals surface area contributed by atoms with Crippen LogP contribution in [0.1, 0.15) is 30.9 Å². The summed E-state index contributed by atoms with van der Waals surface area (Å²) < 4.78 is 49.7. The number of aromatic nitrogens is 3. The maximum atomic E-state index is 14.5. The molecule has 1 aliphatic carbocycles. The average Bonchev–Trinajstić information content (AvgIpc) is 3.29. The van der Waals surface area contributed by atoms with Gasteiger partial charge >= 0.3 is 5.97 Å². The van der Waals surface area contributed by atoms with Crippen molar-refractivity contribution in [3.63, 3.8) is 0 Å². The van der Waals surface area contributed by atoms with Crippen LogP contribution in [0.2, 0.25) is 0 Å². The third-order valence-electron chi connectivity index (χ3n) is 7.07. The summed E-state index contributed by atoms with van der Waals surface area (Å²) in [5.41, 5.74) is 2.83. The number of carboxylic acid groups (broad SMARTS) is 1. The lowest BCUT2D eigenvalue weighted by Gasteiger charge is -2.41. The van der Waals surface area contributed by atoms with Crippen LogP contribution in [0, 0.1) is 11.7 Å². The van der Waals surface area contributed by atoms with Crippen LogP contribution in [0.15, 0.2) is 48.8 Å². The van der Waals surface area contributed by atoms with Crippen molar-refractivity contribution in [3.8, 4) is 16.9 Å². The monoisotopic (exact) mass is 518 g/mol. The number of pyridine rings is 1. The van der Waals surface area contributed by atoms with Gasteiger partial charge in [0.2, 0.25) is 0 Å². The summed E-state index contributed by atoms with van der Waals surface area (Å²) >= 11 is 0. The van der Waals surface area contributed by atoms with Crippen molar-refractivity contribution < 1.29 is 27.8 Å². The number of aliphatic carboxylic acids is 1. The third kappa shape index (κ3) is 4.95. The molecule has 192 valence electrons. The zero-order valence-corrected chi connectivity index (χ0v) is 20.3. The zero-order chi connectivity index (χ0) is 25.4. The van der Waals surface area contributed by atoms with Gasteiger partial charge in [0.05, 0.1) is 23.1 Å². The minimum Gasteiger partial charge on any atom is -0.481 e. The number of rotatable bonds is 5. The molecule has 0 bridgehead atoms. The van der Waals surface area contributed by atoms with Crippen molar-refractivity contribution >= 4 is 22.2 Å². The summed E-state index contributed by atoms with van der Waals surface area (Å²) in [6.07, 6.45) is 2.40. The minimum absolute atomic E-state index is 0.0000187. The van der Waals surface area contributed by atoms with E-state index in [0.717, 1.165) is 11.3 Å². The lowest BCUT2D eigenvalue weighted by molar-refractivity contribution is -0.144. The van der Waals surface area contributed by atoms with Crippen molar-refractivity contribution in [3.05, 3.63) is 60.3 Å². The Bertz CT molecular complexity index is 1240. The molecule has 5 rings (SSSR count). The molecule has 2 fully saturated rings. The molecule has 0 amide bonds. The summed E-state index contributed by atoms with van der Waals surface area (Å²) in [6.45, 7) is 1.08. The van der Waals surface area contributed by atoms with Gasteiger partial charge < -0.3 is 10.0 Å². The van der Waals surface area contributed by atoms with Crippen molar-refractivity contribution in [2.24, 2.45) is 5.92 Å². The van der Waals surface area contributed by atoms with Gasteiger partial charge in [-0.2, -0.15) is 15.7 Å². The molecule has 0 spiro atoms. The average molecular weight is 519 g/mol. The van der Waals surface area contributed by atoms with Gasteiger partial charge in [0.15, 0.2) is 11.6 Å². The highest BCUT2D eigenvalue weighted by atomic mass is 32.3. The second kappa shape index (κ2) is 9.79. The topological polar surface area (TPSA) is 112 Å². The van der Waals surface area contributed by atoms with Gasteiger partial charge in [-0.25, -0.2) is 18.4 Å². The standard InChI is InChI=1S/C25H28F2N4O4S/c26-17-5-8-19(20(14-17)25(32)33)23-21(15-31(29-23)24-22(27)2-1-9-28-24)16-3-6-18(7-4-16)30-10-12-36(34,35)13-11-30/h1-4,6-7,9,15,17,19-20,34-35H,5,8,10-14H2,(H,32,33). The van der Waals surface area contributed by atoms with Gasteiger partial charge in [0, 0.05) is 42.7 Å². The molecule has 2 aliphatic rings. The molecule has 0 radical (unpaired) electrons. The summed E-state index contributed by atoms with van der Waals surface area (Å²) in [6, 6.07) is 10.4. The number of hydrogen-bond acceptors (Lipinski definition) is 6. The Labute approximate surface area is 208 Å². The van der Waals surface area contributed by atoms with Crippen molar-refractivity contribution in [1.82, 2.24) is 14.8 Å². The Morgan fingerprint density at radius 3 is 2.47 bits per heavy atom. The molecule has 11 heteroatoms. The number of alkyl halides is 1. The Morgan fingerprint density at radius 2 is 1.81 bits per heavy atom. The van der Waals surface area contributed by atoms with Gasteiger partial charge in [-0.05, 0) is 49.1 Å². The highest BCUT2D eigenvalue weighted by molar-refractivity contribution is 8.24. The Kier molecular flexibility index (Phi) is 6.71. The number of halogens is 2. The lowest BCUT2D eigenvalue weighted by atomic mass is 9.75. The third-order valence-corrected chi connectivity index (χ3v) is 8.75. The van der Waals surface area contributed by atoms with Crippen LogP contribution < -0.4 is 4.90 Å². The highest BCUT2D eigenvalue weighted by Crippen LogP contribution is 2.44. The first-order valence-corrected chi connectivity index (χ1v) is 13.8. The molecule has 3 atom stereocenters. The molecular weight excluding hydrogens is 490 g/mol. The molecule has 1 aromatic carbocycles. The summed E-state index contributed by atoms with van der Waals surface area (Å²) in [5.74, 6) is -2.43. The Hall–Kier alpha value is -3.02. The summed E-state index contributed by atoms with van der Waals surface area (Å²) in [5, 5.41) is 14.4. The molecule has 2 aromatic heterocycles. The van der Waals surface area contributed by atoms with E-state index in [-0.39, 0.29) is 18.7 Å². The Balaban J connectivity index is 1.52. The molecule has 36 heavy (non-hydrogen) atoms. The largest absolute Gasteiger partial charge is 0.481 e. The predicted octanol–water partition coefficient (Wildman–Crippen LogP) is 4.95. The molecular formula is C25H28F2N4O4S. The van der Waals surface area contributed by atoms with E-state index in [2.05, 4.69) is 15.0 Å². The van der Waals surface area contributed by atoms with E-state index < -0.39 is 40.4 Å². The fraction of sp³-hybridized carbons (Fsp3) is 0.400. The molecule has 3 heterocycles. The SMILES string of the molecule is O=C(O)C1CC(F)CCC1c1nn(-c2ncccc2F)cc1-c1ccc(N2CCS(O)(O)CC2)cc1. The number of carboxylic acids is 1. The number of carbonyl (C=O) groups is 1. The zero-order valence-electron chi connectivity index (χ0n) is 19.5. The maximum Gasteiger partial charge on any atom is 0.307 e. The molecule has 3 unspecified atom stereocenters. The highest BCUT2D eigenvalue weighted by Gasteiger charge is 2.39. The quantitative estimate of drug-likeness (QED) is 0.438. The van der Waals surface area contributed by atoms with Crippen LogP contribution in [0.25, 0.3) is 16.9 Å². The first-order valence-electron chi connectivity index (χ1n) is 11.9. The second-order valence-electron chi connectivity index (χ2n) is 9.39. The number of hydrogen-bond donors (Lipinski definition) is 3. The van der Waals surface area contributed by atoms with Crippen LogP contribution in [-0.2, 0) is 4.79 Å². The molecule has 3 N–H and O–H groups in total. The van der Waals surface area contributed by atoms with E-state index in [9.17, 15) is 27.8 Å². The van der Waals surface area contributed by atoms with Gasteiger partial charge in [-0.15, -0.1) is 0 Å². The molecule has 1 saturated heterocycles. The number of nitrogens with zero attached hydrogens (tertiary/aromatic N) is 4. The molecule has 1 saturated carbocycles. The predicted molar refractivity (Wildman–Crippen MR) is 134 cm³/mol. The van der Waals surface area contributed by atoms with Gasteiger partial charge in [0.25, 0.3) is 0 Å². The van der Waals surface area contributed by atoms with Crippen LogP contribution in [0.4, 0.5) is 14.5 Å². The summed E-state index contributed by atoms with van der Waals surface area (Å²) in [4.78, 5) is 18.2. The smallest absolute Gasteiger partial charge is 0.307 e. The van der Waals surface area contributed by atoms with E-state index in [4.69, 9.17) is 0 Å². The maximum absolute atomic E-state index is 14.5. The van der Waals surface area contributed by atoms with Gasteiger partial charge in [-0.1, -0.05) is 12.1 Å². The second-order valence-corrected chi connectivity index (χ2v) is 11.8. The lowest BCUT2D eigenvalue weighted by Crippen LogP contribution is -2.38. The normalized spacial score (nSPS) is 24.9. The summed E-state index contributed by atoms with van der Waals surface area (Å²) in [7, 11) is -2.50. The van der Waals surface area contributed by atoms with Crippen molar-refractivity contribution in [2.75, 3.05) is 29.5 Å². The first-order chi connectivity index (χ1) is 17.2. The molecule has 1 aliphatic heterocycles. The van der Waals surface area contributed by atoms with Crippen LogP contribution in [0.5, 0.6) is 0 Å². The minimum atomic E-state index is -2.50. The van der Waals surface area contributed by atoms with Crippen LogP contribution in [-0.4, -0.2) is 65.7 Å². The number of anilines is 1. The van der Waals surface area contributed by atoms with E-state index in [1.807, 2.05) is 24.3 Å². The fourth-order valence-corrected chi connectivity index (χ4v) is 6.32. The van der Waals surface area contributed by atoms with E-state index in [1.54, 1.807) is 6.20 Å². The van der Waals surface area contributed by atoms with Crippen molar-refractivity contribution in [2.45, 2.75) is 31.4 Å². The van der Waals surface area contributed by atoms with Gasteiger partial charge in [0.1, 0.15) is 6.17 Å². The van der Waals surface area contributed by atoms with Crippen LogP contribution in [0.3, 0.4) is 0 Å². The fourth-order valence-electron chi connectivity index (χ4n) is 5.09. The van der Waals surface area contributed by atoms with E-state index >= 15 is 0 Å². The van der Waals surface area contributed by atoms with Crippen LogP contribution >= 0.6 is 10.6 Å². The van der Waals surface area contributed by atoms with Crippen molar-refractivity contribution in [1.29, 1.82) is 0 Å². The van der Waals surface area contributed by atoms with E-state index in [0.29, 0.717) is 42.3 Å².